The van der Waals surface area contributed by atoms with Crippen LogP contribution in [0, 0.1) is 0 Å². The van der Waals surface area contributed by atoms with Crippen molar-refractivity contribution in [1.82, 2.24) is 5.39 Å². The maximum absolute atomic E-state index is 10.4. The second-order valence-corrected chi connectivity index (χ2v) is 5.10. The molecule has 0 bridgehead atoms. The van der Waals surface area contributed by atoms with E-state index in [1.807, 2.05) is 0 Å². The molecule has 0 radical (unpaired) electrons. The summed E-state index contributed by atoms with van der Waals surface area (Å²) in [5, 5.41) is 25.9. The van der Waals surface area contributed by atoms with Crippen molar-refractivity contribution in [3.05, 3.63) is 30.3 Å². The molecular formula is C12H21NO9S. The molecule has 134 valence electrons. The smallest absolute Gasteiger partial charge is 0.294 e. The van der Waals surface area contributed by atoms with Crippen molar-refractivity contribution >= 4 is 10.1 Å². The van der Waals surface area contributed by atoms with Crippen molar-refractivity contribution in [2.45, 2.75) is 4.90 Å². The predicted octanol–water partition coefficient (Wildman–Crippen LogP) is -1.01. The van der Waals surface area contributed by atoms with Gasteiger partial charge in [0.15, 0.2) is 0 Å². The zero-order valence-electron chi connectivity index (χ0n) is 12.3. The minimum absolute atomic E-state index is 0.0108. The van der Waals surface area contributed by atoms with Crippen molar-refractivity contribution in [3.8, 4) is 0 Å². The van der Waals surface area contributed by atoms with E-state index < -0.39 is 10.1 Å². The summed E-state index contributed by atoms with van der Waals surface area (Å²) in [6.07, 6.45) is 0. The number of rotatable bonds is 10. The molecular weight excluding hydrogens is 334 g/mol. The molecule has 1 rings (SSSR count). The first-order valence-corrected chi connectivity index (χ1v) is 7.93. The van der Waals surface area contributed by atoms with Gasteiger partial charge in [0.2, 0.25) is 0 Å². The molecule has 0 aliphatic rings. The van der Waals surface area contributed by atoms with Crippen LogP contribution in [0.4, 0.5) is 0 Å². The summed E-state index contributed by atoms with van der Waals surface area (Å²) in [4.78, 5) is 14.1. The third kappa shape index (κ3) is 12.0. The van der Waals surface area contributed by atoms with Crippen molar-refractivity contribution in [1.29, 1.82) is 0 Å². The van der Waals surface area contributed by atoms with Crippen LogP contribution in [-0.4, -0.2) is 73.3 Å². The van der Waals surface area contributed by atoms with Gasteiger partial charge in [0.1, 0.15) is 0 Å². The Morgan fingerprint density at radius 2 is 1.22 bits per heavy atom. The predicted molar refractivity (Wildman–Crippen MR) is 77.2 cm³/mol. The molecule has 1 aromatic rings. The number of hydrogen-bond acceptors (Lipinski definition) is 9. The van der Waals surface area contributed by atoms with E-state index >= 15 is 0 Å². The van der Waals surface area contributed by atoms with E-state index in [9.17, 15) is 8.42 Å². The molecule has 0 amide bonds. The normalized spacial score (nSPS) is 11.2. The zero-order chi connectivity index (χ0) is 17.6. The van der Waals surface area contributed by atoms with Crippen LogP contribution in [0.5, 0.6) is 0 Å². The molecule has 4 N–H and O–H groups in total. The van der Waals surface area contributed by atoms with Gasteiger partial charge in [-0.25, -0.2) is 14.5 Å². The van der Waals surface area contributed by atoms with Crippen LogP contribution in [0.1, 0.15) is 0 Å². The third-order valence-electron chi connectivity index (χ3n) is 1.91. The van der Waals surface area contributed by atoms with Gasteiger partial charge in [-0.05, 0) is 12.1 Å². The summed E-state index contributed by atoms with van der Waals surface area (Å²) in [6.45, 7) is -0.505. The Kier molecular flexibility index (Phi) is 12.6. The van der Waals surface area contributed by atoms with Crippen LogP contribution < -0.4 is 0 Å². The Morgan fingerprint density at radius 3 is 1.48 bits per heavy atom. The Labute approximate surface area is 134 Å². The summed E-state index contributed by atoms with van der Waals surface area (Å²) in [6, 6.07) is 7.42. The first kappa shape index (κ1) is 21.9. The fourth-order valence-corrected chi connectivity index (χ4v) is 1.55. The Hall–Kier alpha value is -1.15. The van der Waals surface area contributed by atoms with Gasteiger partial charge in [0.05, 0.1) is 49.9 Å². The molecule has 0 fully saturated rings. The average Bonchev–Trinajstić information content (AvgIpc) is 2.55. The standard InChI is InChI=1S/C6H15NO6.C6H6O3S/c8-1-4-11-7(12-5-2-9)13-6-3-10;7-10(8,9)6-4-2-1-3-5-6/h8-10H,1-6H2;1-5H,(H,7,8,9). The van der Waals surface area contributed by atoms with E-state index in [1.54, 1.807) is 18.2 Å². The number of hydrogen-bond donors (Lipinski definition) is 4. The molecule has 23 heavy (non-hydrogen) atoms. The van der Waals surface area contributed by atoms with Crippen molar-refractivity contribution in [2.24, 2.45) is 0 Å². The topological polar surface area (TPSA) is 146 Å². The van der Waals surface area contributed by atoms with E-state index in [2.05, 4.69) is 0 Å². The van der Waals surface area contributed by atoms with Gasteiger partial charge in [-0.3, -0.25) is 4.55 Å². The van der Waals surface area contributed by atoms with Gasteiger partial charge in [-0.1, -0.05) is 18.2 Å². The van der Waals surface area contributed by atoms with E-state index in [-0.39, 0.29) is 44.5 Å². The zero-order valence-corrected chi connectivity index (χ0v) is 13.1. The SMILES string of the molecule is O=S(=O)(O)c1ccccc1.OCCON(OCCO)OCCO. The number of aliphatic hydroxyl groups is 3. The second kappa shape index (κ2) is 13.3. The highest BCUT2D eigenvalue weighted by Gasteiger charge is 2.06. The van der Waals surface area contributed by atoms with Crippen LogP contribution in [0.25, 0.3) is 0 Å². The van der Waals surface area contributed by atoms with Gasteiger partial charge in [-0.15, -0.1) is 0 Å². The van der Waals surface area contributed by atoms with Crippen LogP contribution in [0.15, 0.2) is 35.2 Å². The Morgan fingerprint density at radius 1 is 0.826 bits per heavy atom. The van der Waals surface area contributed by atoms with Crippen LogP contribution >= 0.6 is 0 Å². The molecule has 0 saturated carbocycles. The van der Waals surface area contributed by atoms with E-state index in [0.29, 0.717) is 5.39 Å². The summed E-state index contributed by atoms with van der Waals surface area (Å²) < 4.78 is 29.2. The molecule has 0 spiro atoms. The van der Waals surface area contributed by atoms with Crippen molar-refractivity contribution < 1.29 is 42.8 Å². The monoisotopic (exact) mass is 355 g/mol. The molecule has 1 aromatic carbocycles. The minimum atomic E-state index is -4.00. The van der Waals surface area contributed by atoms with Crippen molar-refractivity contribution in [3.63, 3.8) is 0 Å². The first-order chi connectivity index (χ1) is 11.0. The maximum Gasteiger partial charge on any atom is 0.294 e. The lowest BCUT2D eigenvalue weighted by Gasteiger charge is -2.17. The molecule has 0 heterocycles. The fraction of sp³-hybridized carbons (Fsp3) is 0.500. The summed E-state index contributed by atoms with van der Waals surface area (Å²) >= 11 is 0. The lowest BCUT2D eigenvalue weighted by atomic mass is 10.4. The third-order valence-corrected chi connectivity index (χ3v) is 2.77. The number of nitrogens with zero attached hydrogens (tertiary/aromatic N) is 1. The largest absolute Gasteiger partial charge is 0.394 e. The average molecular weight is 355 g/mol. The molecule has 0 aliphatic carbocycles. The van der Waals surface area contributed by atoms with Gasteiger partial charge < -0.3 is 15.3 Å². The van der Waals surface area contributed by atoms with Crippen molar-refractivity contribution in [2.75, 3.05) is 39.6 Å². The highest BCUT2D eigenvalue weighted by Crippen LogP contribution is 2.05. The van der Waals surface area contributed by atoms with Gasteiger partial charge in [-0.2, -0.15) is 8.42 Å². The molecule has 0 atom stereocenters. The van der Waals surface area contributed by atoms with Gasteiger partial charge in [0, 0.05) is 0 Å². The van der Waals surface area contributed by atoms with Gasteiger partial charge in [0.25, 0.3) is 10.1 Å². The first-order valence-electron chi connectivity index (χ1n) is 6.49. The lowest BCUT2D eigenvalue weighted by Crippen LogP contribution is -2.28. The van der Waals surface area contributed by atoms with Gasteiger partial charge >= 0.3 is 0 Å². The Bertz CT molecular complexity index is 464. The molecule has 0 aliphatic heterocycles. The number of aliphatic hydroxyl groups excluding tert-OH is 3. The summed E-state index contributed by atoms with van der Waals surface area (Å²) in [5.74, 6) is 0. The van der Waals surface area contributed by atoms with E-state index in [4.69, 9.17) is 34.4 Å². The highest BCUT2D eigenvalue weighted by molar-refractivity contribution is 7.85. The lowest BCUT2D eigenvalue weighted by molar-refractivity contribution is -0.527. The molecule has 0 saturated heterocycles. The highest BCUT2D eigenvalue weighted by atomic mass is 32.2. The quantitative estimate of drug-likeness (QED) is 0.304. The number of benzene rings is 1. The molecule has 10 nitrogen and oxygen atoms in total. The van der Waals surface area contributed by atoms with Crippen LogP contribution in [0.3, 0.4) is 0 Å². The maximum atomic E-state index is 10.4. The molecule has 11 heteroatoms. The van der Waals surface area contributed by atoms with Crippen LogP contribution in [0.2, 0.25) is 0 Å². The van der Waals surface area contributed by atoms with E-state index in [0.717, 1.165) is 0 Å². The van der Waals surface area contributed by atoms with Crippen LogP contribution in [-0.2, 0) is 24.6 Å². The summed E-state index contributed by atoms with van der Waals surface area (Å²) in [5.41, 5.74) is 0. The molecule has 0 unspecified atom stereocenters. The second-order valence-electron chi connectivity index (χ2n) is 3.68. The Balaban J connectivity index is 0.000000433. The fourth-order valence-electron chi connectivity index (χ4n) is 1.05. The van der Waals surface area contributed by atoms with E-state index in [1.165, 1.54) is 12.1 Å². The summed E-state index contributed by atoms with van der Waals surface area (Å²) in [7, 11) is -4.00. The molecule has 0 aromatic heterocycles. The minimum Gasteiger partial charge on any atom is -0.394 e.